The highest BCUT2D eigenvalue weighted by Crippen LogP contribution is 2.40. The number of benzene rings is 2. The lowest BCUT2D eigenvalue weighted by molar-refractivity contribution is -0.141. The Hall–Kier alpha value is -2.70. The van der Waals surface area contributed by atoms with Crippen molar-refractivity contribution >= 4 is 29.1 Å². The van der Waals surface area contributed by atoms with E-state index in [9.17, 15) is 19.1 Å². The van der Waals surface area contributed by atoms with E-state index < -0.39 is 23.5 Å². The van der Waals surface area contributed by atoms with Crippen molar-refractivity contribution < 1.29 is 19.1 Å². The van der Waals surface area contributed by atoms with Crippen LogP contribution in [-0.4, -0.2) is 46.4 Å². The van der Waals surface area contributed by atoms with Crippen molar-refractivity contribution in [1.29, 1.82) is 0 Å². The molecule has 1 aliphatic rings. The number of Topliss-reactive ketones (excluding diaryl/α,β-unsaturated/α-hetero) is 1. The van der Waals surface area contributed by atoms with Gasteiger partial charge in [-0.3, -0.25) is 14.5 Å². The van der Waals surface area contributed by atoms with Crippen molar-refractivity contribution in [2.45, 2.75) is 19.9 Å². The number of carbonyl (C=O) groups excluding carboxylic acids is 2. The first-order valence-corrected chi connectivity index (χ1v) is 9.77. The molecule has 0 spiro atoms. The van der Waals surface area contributed by atoms with Crippen LogP contribution in [0.1, 0.15) is 31.0 Å². The van der Waals surface area contributed by atoms with E-state index in [1.54, 1.807) is 30.3 Å². The van der Waals surface area contributed by atoms with E-state index in [1.807, 2.05) is 18.7 Å². The van der Waals surface area contributed by atoms with Crippen molar-refractivity contribution in [2.75, 3.05) is 19.8 Å². The van der Waals surface area contributed by atoms with Gasteiger partial charge in [-0.25, -0.2) is 4.39 Å². The molecule has 1 amide bonds. The number of ketones is 1. The van der Waals surface area contributed by atoms with Crippen LogP contribution in [0.15, 0.2) is 54.1 Å². The van der Waals surface area contributed by atoms with Crippen LogP contribution in [0.4, 0.5) is 4.39 Å². The molecule has 1 saturated heterocycles. The summed E-state index contributed by atoms with van der Waals surface area (Å²) in [5, 5.41) is 11.4. The third-order valence-electron chi connectivity index (χ3n) is 5.10. The van der Waals surface area contributed by atoms with E-state index in [4.69, 9.17) is 11.6 Å². The van der Waals surface area contributed by atoms with Crippen molar-refractivity contribution in [3.63, 3.8) is 0 Å². The van der Waals surface area contributed by atoms with Crippen molar-refractivity contribution in [2.24, 2.45) is 0 Å². The van der Waals surface area contributed by atoms with Crippen LogP contribution in [0.2, 0.25) is 5.02 Å². The minimum Gasteiger partial charge on any atom is -0.507 e. The molecule has 152 valence electrons. The number of carbonyl (C=O) groups is 2. The molecule has 0 aromatic heterocycles. The summed E-state index contributed by atoms with van der Waals surface area (Å²) in [6, 6.07) is 11.2. The Balaban J connectivity index is 2.18. The molecule has 5 nitrogen and oxygen atoms in total. The summed E-state index contributed by atoms with van der Waals surface area (Å²) in [6.07, 6.45) is 0. The number of aliphatic hydroxyl groups excluding tert-OH is 1. The molecule has 1 fully saturated rings. The van der Waals surface area contributed by atoms with Crippen LogP contribution in [0.3, 0.4) is 0 Å². The highest BCUT2D eigenvalue weighted by atomic mass is 35.5. The maximum Gasteiger partial charge on any atom is 0.296 e. The molecule has 2 aromatic carbocycles. The highest BCUT2D eigenvalue weighted by molar-refractivity contribution is 6.46. The lowest BCUT2D eigenvalue weighted by Gasteiger charge is -2.30. The van der Waals surface area contributed by atoms with Crippen LogP contribution in [-0.2, 0) is 9.59 Å². The molecule has 0 aliphatic carbocycles. The largest absolute Gasteiger partial charge is 0.507 e. The smallest absolute Gasteiger partial charge is 0.296 e. The summed E-state index contributed by atoms with van der Waals surface area (Å²) < 4.78 is 14.7. The predicted octanol–water partition coefficient (Wildman–Crippen LogP) is 4.20. The topological polar surface area (TPSA) is 60.9 Å². The van der Waals surface area contributed by atoms with Gasteiger partial charge in [0.25, 0.3) is 11.7 Å². The molecule has 0 saturated carbocycles. The second-order valence-corrected chi connectivity index (χ2v) is 7.18. The standard InChI is InChI=1S/C22H22ClFN2O3/c1-3-25(4-2)13-26-19(16-7-5-6-8-17(16)24)18(21(28)22(26)29)20(27)14-9-11-15(23)12-10-14/h5-12,19,27H,3-4,13H2,1-2H3. The Kier molecular flexibility index (Phi) is 6.35. The normalized spacial score (nSPS) is 18.7. The van der Waals surface area contributed by atoms with Gasteiger partial charge in [0.1, 0.15) is 11.6 Å². The first kappa shape index (κ1) is 21.0. The van der Waals surface area contributed by atoms with Gasteiger partial charge in [-0.15, -0.1) is 0 Å². The first-order chi connectivity index (χ1) is 13.9. The van der Waals surface area contributed by atoms with Crippen molar-refractivity contribution in [3.05, 3.63) is 76.1 Å². The predicted molar refractivity (Wildman–Crippen MR) is 110 cm³/mol. The average molecular weight is 417 g/mol. The van der Waals surface area contributed by atoms with E-state index in [2.05, 4.69) is 0 Å². The second-order valence-electron chi connectivity index (χ2n) is 6.74. The SMILES string of the molecule is CCN(CC)CN1C(=O)C(=O)C(=C(O)c2ccc(Cl)cc2)C1c1ccccc1F. The molecular weight excluding hydrogens is 395 g/mol. The van der Waals surface area contributed by atoms with Crippen molar-refractivity contribution in [1.82, 2.24) is 9.80 Å². The van der Waals surface area contributed by atoms with E-state index >= 15 is 0 Å². The fraction of sp³-hybridized carbons (Fsp3) is 0.273. The molecule has 29 heavy (non-hydrogen) atoms. The Bertz CT molecular complexity index is 955. The third-order valence-corrected chi connectivity index (χ3v) is 5.36. The molecule has 1 heterocycles. The number of hydrogen-bond acceptors (Lipinski definition) is 4. The molecular formula is C22H22ClFN2O3. The minimum atomic E-state index is -1.02. The highest BCUT2D eigenvalue weighted by Gasteiger charge is 2.47. The summed E-state index contributed by atoms with van der Waals surface area (Å²) in [4.78, 5) is 29.0. The van der Waals surface area contributed by atoms with Gasteiger partial charge in [-0.1, -0.05) is 43.6 Å². The fourth-order valence-corrected chi connectivity index (χ4v) is 3.57. The lowest BCUT2D eigenvalue weighted by Crippen LogP contribution is -2.40. The number of aliphatic hydroxyl groups is 1. The molecule has 1 N–H and O–H groups in total. The zero-order valence-electron chi connectivity index (χ0n) is 16.2. The minimum absolute atomic E-state index is 0.130. The van der Waals surface area contributed by atoms with Crippen LogP contribution >= 0.6 is 11.6 Å². The van der Waals surface area contributed by atoms with Crippen LogP contribution in [0, 0.1) is 5.82 Å². The molecule has 2 aromatic rings. The van der Waals surface area contributed by atoms with Gasteiger partial charge < -0.3 is 10.0 Å². The van der Waals surface area contributed by atoms with Gasteiger partial charge in [-0.2, -0.15) is 0 Å². The van der Waals surface area contributed by atoms with Gasteiger partial charge in [0, 0.05) is 16.1 Å². The Labute approximate surface area is 174 Å². The van der Waals surface area contributed by atoms with E-state index in [-0.39, 0.29) is 23.6 Å². The first-order valence-electron chi connectivity index (χ1n) is 9.40. The number of likely N-dealkylation sites (tertiary alicyclic amines) is 1. The fourth-order valence-electron chi connectivity index (χ4n) is 3.45. The molecule has 0 bridgehead atoms. The summed E-state index contributed by atoms with van der Waals surface area (Å²) in [5.41, 5.74) is 0.362. The van der Waals surface area contributed by atoms with Gasteiger partial charge in [0.05, 0.1) is 18.3 Å². The number of nitrogens with zero attached hydrogens (tertiary/aromatic N) is 2. The van der Waals surface area contributed by atoms with E-state index in [0.29, 0.717) is 23.7 Å². The van der Waals surface area contributed by atoms with E-state index in [1.165, 1.54) is 23.1 Å². The van der Waals surface area contributed by atoms with Crippen LogP contribution < -0.4 is 0 Å². The summed E-state index contributed by atoms with van der Waals surface area (Å²) in [6.45, 7) is 5.33. The number of hydrogen-bond donors (Lipinski definition) is 1. The van der Waals surface area contributed by atoms with Gasteiger partial charge in [0.15, 0.2) is 0 Å². The molecule has 7 heteroatoms. The molecule has 1 unspecified atom stereocenters. The monoisotopic (exact) mass is 416 g/mol. The van der Waals surface area contributed by atoms with Crippen LogP contribution in [0.25, 0.3) is 5.76 Å². The average Bonchev–Trinajstić information content (AvgIpc) is 2.97. The summed E-state index contributed by atoms with van der Waals surface area (Å²) >= 11 is 5.90. The third kappa shape index (κ3) is 4.04. The van der Waals surface area contributed by atoms with Crippen LogP contribution in [0.5, 0.6) is 0 Å². The number of rotatable bonds is 6. The van der Waals surface area contributed by atoms with E-state index in [0.717, 1.165) is 0 Å². The Morgan fingerprint density at radius 3 is 2.31 bits per heavy atom. The van der Waals surface area contributed by atoms with Gasteiger partial charge in [0.2, 0.25) is 0 Å². The molecule has 3 rings (SSSR count). The zero-order chi connectivity index (χ0) is 21.1. The van der Waals surface area contributed by atoms with Crippen molar-refractivity contribution in [3.8, 4) is 0 Å². The lowest BCUT2D eigenvalue weighted by atomic mass is 9.95. The van der Waals surface area contributed by atoms with Gasteiger partial charge >= 0.3 is 0 Å². The summed E-state index contributed by atoms with van der Waals surface area (Å²) in [7, 11) is 0. The quantitative estimate of drug-likeness (QED) is 0.435. The maximum atomic E-state index is 14.7. The zero-order valence-corrected chi connectivity index (χ0v) is 17.0. The Morgan fingerprint density at radius 1 is 1.10 bits per heavy atom. The summed E-state index contributed by atoms with van der Waals surface area (Å²) in [5.74, 6) is -2.50. The Morgan fingerprint density at radius 2 is 1.72 bits per heavy atom. The van der Waals surface area contributed by atoms with Gasteiger partial charge in [-0.05, 0) is 43.4 Å². The molecule has 0 radical (unpaired) electrons. The number of halogens is 2. The maximum absolute atomic E-state index is 14.7. The molecule has 1 atom stereocenters. The number of amides is 1. The second kappa shape index (κ2) is 8.76. The molecule has 1 aliphatic heterocycles.